The van der Waals surface area contributed by atoms with E-state index in [0.29, 0.717) is 11.6 Å². The third kappa shape index (κ3) is 2.97. The molecule has 0 aromatic heterocycles. The zero-order valence-electron chi connectivity index (χ0n) is 12.5. The van der Waals surface area contributed by atoms with Crippen LogP contribution in [0, 0.1) is 5.92 Å². The van der Waals surface area contributed by atoms with E-state index in [1.807, 2.05) is 0 Å². The zero-order chi connectivity index (χ0) is 14.0. The lowest BCUT2D eigenvalue weighted by molar-refractivity contribution is 0.0855. The third-order valence-corrected chi connectivity index (χ3v) is 4.95. The molecule has 108 valence electrons. The van der Waals surface area contributed by atoms with Crippen molar-refractivity contribution in [2.24, 2.45) is 5.92 Å². The van der Waals surface area contributed by atoms with Gasteiger partial charge in [0.15, 0.2) is 0 Å². The molecule has 1 aliphatic heterocycles. The molecule has 20 heavy (non-hydrogen) atoms. The predicted octanol–water partition coefficient (Wildman–Crippen LogP) is 2.86. The van der Waals surface area contributed by atoms with Crippen molar-refractivity contribution in [2.75, 3.05) is 19.6 Å². The smallest absolute Gasteiger partial charge is 0.0309 e. The Labute approximate surface area is 122 Å². The van der Waals surface area contributed by atoms with E-state index in [1.165, 1.54) is 18.4 Å². The maximum absolute atomic E-state index is 3.94. The normalized spacial score (nSPS) is 31.1. The molecule has 0 amide bonds. The van der Waals surface area contributed by atoms with E-state index in [1.54, 1.807) is 0 Å². The van der Waals surface area contributed by atoms with Crippen LogP contribution in [0.25, 0.3) is 0 Å². The molecule has 2 aliphatic rings. The second-order valence-electron chi connectivity index (χ2n) is 6.63. The molecule has 1 saturated carbocycles. The van der Waals surface area contributed by atoms with Crippen LogP contribution in [0.2, 0.25) is 0 Å². The summed E-state index contributed by atoms with van der Waals surface area (Å²) < 4.78 is 0. The summed E-state index contributed by atoms with van der Waals surface area (Å²) in [6.45, 7) is 9.59. The first-order chi connectivity index (χ1) is 9.71. The molecule has 0 bridgehead atoms. The van der Waals surface area contributed by atoms with Gasteiger partial charge in [-0.3, -0.25) is 4.90 Å². The van der Waals surface area contributed by atoms with E-state index < -0.39 is 0 Å². The standard InChI is InChI=1S/C18H26N2/c1-3-11-20-14-18(2,16-9-10-16)19-13-17(20)12-15-7-5-4-6-8-15/h3-8,16-17,19H,1,9-14H2,2H3. The van der Waals surface area contributed by atoms with E-state index >= 15 is 0 Å². The fourth-order valence-corrected chi connectivity index (χ4v) is 3.55. The molecule has 1 aromatic carbocycles. The van der Waals surface area contributed by atoms with Gasteiger partial charge in [-0.15, -0.1) is 6.58 Å². The first-order valence-corrected chi connectivity index (χ1v) is 7.85. The average Bonchev–Trinajstić information content (AvgIpc) is 3.28. The lowest BCUT2D eigenvalue weighted by Gasteiger charge is -2.46. The zero-order valence-corrected chi connectivity index (χ0v) is 12.5. The summed E-state index contributed by atoms with van der Waals surface area (Å²) in [5, 5.41) is 3.84. The molecule has 1 N–H and O–H groups in total. The van der Waals surface area contributed by atoms with Crippen LogP contribution in [0.15, 0.2) is 43.0 Å². The molecule has 2 unspecified atom stereocenters. The molecule has 1 aromatic rings. The van der Waals surface area contributed by atoms with Gasteiger partial charge in [0, 0.05) is 31.2 Å². The summed E-state index contributed by atoms with van der Waals surface area (Å²) in [5.74, 6) is 0.882. The molecule has 0 radical (unpaired) electrons. The van der Waals surface area contributed by atoms with Crippen LogP contribution >= 0.6 is 0 Å². The van der Waals surface area contributed by atoms with E-state index in [4.69, 9.17) is 0 Å². The summed E-state index contributed by atoms with van der Waals surface area (Å²) >= 11 is 0. The van der Waals surface area contributed by atoms with Crippen LogP contribution in [0.5, 0.6) is 0 Å². The quantitative estimate of drug-likeness (QED) is 0.828. The van der Waals surface area contributed by atoms with E-state index in [-0.39, 0.29) is 0 Å². The molecule has 2 fully saturated rings. The third-order valence-electron chi connectivity index (χ3n) is 4.95. The van der Waals surface area contributed by atoms with Crippen molar-refractivity contribution >= 4 is 0 Å². The summed E-state index contributed by atoms with van der Waals surface area (Å²) in [6, 6.07) is 11.4. The second-order valence-corrected chi connectivity index (χ2v) is 6.63. The van der Waals surface area contributed by atoms with E-state index in [2.05, 4.69) is 60.1 Å². The fraction of sp³-hybridized carbons (Fsp3) is 0.556. The Balaban J connectivity index is 1.69. The van der Waals surface area contributed by atoms with Gasteiger partial charge in [-0.25, -0.2) is 0 Å². The topological polar surface area (TPSA) is 15.3 Å². The van der Waals surface area contributed by atoms with Gasteiger partial charge in [0.1, 0.15) is 0 Å². The number of rotatable bonds is 5. The second kappa shape index (κ2) is 5.71. The van der Waals surface area contributed by atoms with Gasteiger partial charge in [0.25, 0.3) is 0 Å². The van der Waals surface area contributed by atoms with Crippen molar-refractivity contribution in [3.63, 3.8) is 0 Å². The van der Waals surface area contributed by atoms with Crippen LogP contribution in [0.3, 0.4) is 0 Å². The molecule has 0 spiro atoms. The number of hydrogen-bond acceptors (Lipinski definition) is 2. The largest absolute Gasteiger partial charge is 0.308 e. The fourth-order valence-electron chi connectivity index (χ4n) is 3.55. The lowest BCUT2D eigenvalue weighted by atomic mass is 9.89. The predicted molar refractivity (Wildman–Crippen MR) is 84.8 cm³/mol. The summed E-state index contributed by atoms with van der Waals surface area (Å²) in [5.41, 5.74) is 1.75. The minimum atomic E-state index is 0.316. The Hall–Kier alpha value is -1.12. The molecule has 1 saturated heterocycles. The molecule has 1 heterocycles. The van der Waals surface area contributed by atoms with Crippen molar-refractivity contribution in [3.8, 4) is 0 Å². The van der Waals surface area contributed by atoms with Gasteiger partial charge in [0.05, 0.1) is 0 Å². The lowest BCUT2D eigenvalue weighted by Crippen LogP contribution is -2.64. The maximum atomic E-state index is 3.94. The number of nitrogens with one attached hydrogen (secondary N) is 1. The highest BCUT2D eigenvalue weighted by Crippen LogP contribution is 2.41. The van der Waals surface area contributed by atoms with Crippen molar-refractivity contribution in [1.82, 2.24) is 10.2 Å². The van der Waals surface area contributed by atoms with Crippen molar-refractivity contribution in [2.45, 2.75) is 37.8 Å². The van der Waals surface area contributed by atoms with Gasteiger partial charge in [0.2, 0.25) is 0 Å². The summed E-state index contributed by atoms with van der Waals surface area (Å²) in [6.07, 6.45) is 5.97. The molecule has 1 aliphatic carbocycles. The Kier molecular flexibility index (Phi) is 3.95. The number of benzene rings is 1. The van der Waals surface area contributed by atoms with Crippen molar-refractivity contribution < 1.29 is 0 Å². The Morgan fingerprint density at radius 1 is 1.35 bits per heavy atom. The Morgan fingerprint density at radius 2 is 2.10 bits per heavy atom. The Morgan fingerprint density at radius 3 is 2.75 bits per heavy atom. The highest BCUT2D eigenvalue weighted by Gasteiger charge is 2.45. The first-order valence-electron chi connectivity index (χ1n) is 7.85. The molecule has 3 rings (SSSR count). The molecular weight excluding hydrogens is 244 g/mol. The van der Waals surface area contributed by atoms with Gasteiger partial charge in [-0.1, -0.05) is 36.4 Å². The van der Waals surface area contributed by atoms with Gasteiger partial charge < -0.3 is 5.32 Å². The van der Waals surface area contributed by atoms with Crippen LogP contribution in [-0.2, 0) is 6.42 Å². The highest BCUT2D eigenvalue weighted by atomic mass is 15.3. The summed E-state index contributed by atoms with van der Waals surface area (Å²) in [7, 11) is 0. The number of nitrogens with zero attached hydrogens (tertiary/aromatic N) is 1. The van der Waals surface area contributed by atoms with Crippen LogP contribution in [0.4, 0.5) is 0 Å². The molecule has 2 atom stereocenters. The van der Waals surface area contributed by atoms with Gasteiger partial charge in [-0.05, 0) is 37.7 Å². The maximum Gasteiger partial charge on any atom is 0.0309 e. The SMILES string of the molecule is C=CCN1CC(C)(C2CC2)NCC1Cc1ccccc1. The van der Waals surface area contributed by atoms with E-state index in [0.717, 1.165) is 32.0 Å². The highest BCUT2D eigenvalue weighted by molar-refractivity contribution is 5.17. The van der Waals surface area contributed by atoms with Gasteiger partial charge >= 0.3 is 0 Å². The Bertz CT molecular complexity index is 452. The minimum absolute atomic E-state index is 0.316. The summed E-state index contributed by atoms with van der Waals surface area (Å²) in [4.78, 5) is 2.62. The van der Waals surface area contributed by atoms with Gasteiger partial charge in [-0.2, -0.15) is 0 Å². The first kappa shape index (κ1) is 13.8. The van der Waals surface area contributed by atoms with Crippen molar-refractivity contribution in [1.29, 1.82) is 0 Å². The number of piperazine rings is 1. The minimum Gasteiger partial charge on any atom is -0.308 e. The molecule has 2 nitrogen and oxygen atoms in total. The molecule has 2 heteroatoms. The monoisotopic (exact) mass is 270 g/mol. The van der Waals surface area contributed by atoms with Crippen LogP contribution in [0.1, 0.15) is 25.3 Å². The average molecular weight is 270 g/mol. The van der Waals surface area contributed by atoms with Crippen molar-refractivity contribution in [3.05, 3.63) is 48.6 Å². The number of hydrogen-bond donors (Lipinski definition) is 1. The van der Waals surface area contributed by atoms with Crippen LogP contribution in [-0.4, -0.2) is 36.1 Å². The van der Waals surface area contributed by atoms with Crippen LogP contribution < -0.4 is 5.32 Å². The molecular formula is C18H26N2. The van der Waals surface area contributed by atoms with E-state index in [9.17, 15) is 0 Å².